The number of terminal acetylenes is 1. The lowest BCUT2D eigenvalue weighted by Crippen LogP contribution is -2.41. The highest BCUT2D eigenvalue weighted by Gasteiger charge is 2.46. The van der Waals surface area contributed by atoms with Crippen LogP contribution in [0.25, 0.3) is 0 Å². The predicted octanol–water partition coefficient (Wildman–Crippen LogP) is 0.431. The highest BCUT2D eigenvalue weighted by molar-refractivity contribution is 5.98. The maximum Gasteiger partial charge on any atom is 0.322 e. The van der Waals surface area contributed by atoms with Crippen LogP contribution in [0.4, 0.5) is 0 Å². The molecule has 4 heteroatoms. The molecule has 4 nitrogen and oxygen atoms in total. The van der Waals surface area contributed by atoms with Crippen LogP contribution < -0.4 is 0 Å². The molecular weight excluding hydrogens is 160 g/mol. The third-order valence-corrected chi connectivity index (χ3v) is 2.00. The first-order valence-corrected chi connectivity index (χ1v) is 3.30. The van der Waals surface area contributed by atoms with Crippen molar-refractivity contribution >= 4 is 11.9 Å². The highest BCUT2D eigenvalue weighted by Crippen LogP contribution is 2.27. The summed E-state index contributed by atoms with van der Waals surface area (Å²) in [5, 5.41) is 17.3. The van der Waals surface area contributed by atoms with Gasteiger partial charge in [0.25, 0.3) is 0 Å². The van der Waals surface area contributed by atoms with Crippen molar-refractivity contribution in [1.29, 1.82) is 0 Å². The SMILES string of the molecule is C#CC(C)C(C)(C(=O)O)C(=O)O. The number of hydrogen-bond acceptors (Lipinski definition) is 2. The van der Waals surface area contributed by atoms with Crippen molar-refractivity contribution in [3.63, 3.8) is 0 Å². The Bertz CT molecular complexity index is 234. The van der Waals surface area contributed by atoms with Gasteiger partial charge in [0.2, 0.25) is 0 Å². The molecule has 0 aliphatic carbocycles. The van der Waals surface area contributed by atoms with Crippen LogP contribution in [0.5, 0.6) is 0 Å². The van der Waals surface area contributed by atoms with E-state index in [1.54, 1.807) is 0 Å². The first kappa shape index (κ1) is 10.5. The van der Waals surface area contributed by atoms with Crippen LogP contribution in [-0.2, 0) is 9.59 Å². The van der Waals surface area contributed by atoms with Gasteiger partial charge in [0.05, 0.1) is 0 Å². The van der Waals surface area contributed by atoms with Crippen LogP contribution in [0.2, 0.25) is 0 Å². The van der Waals surface area contributed by atoms with Gasteiger partial charge >= 0.3 is 11.9 Å². The van der Waals surface area contributed by atoms with Crippen LogP contribution in [-0.4, -0.2) is 22.2 Å². The second-order valence-corrected chi connectivity index (χ2v) is 2.70. The molecule has 0 saturated carbocycles. The molecule has 0 saturated heterocycles. The molecule has 0 spiro atoms. The quantitative estimate of drug-likeness (QED) is 0.475. The standard InChI is InChI=1S/C8H10O4/c1-4-5(2)8(3,6(9)10)7(11)12/h1,5H,2-3H3,(H,9,10)(H,11,12). The Balaban J connectivity index is 5.04. The molecule has 66 valence electrons. The Morgan fingerprint density at radius 1 is 1.42 bits per heavy atom. The smallest absolute Gasteiger partial charge is 0.322 e. The normalized spacial score (nSPS) is 13.1. The van der Waals surface area contributed by atoms with Crippen molar-refractivity contribution in [3.8, 4) is 12.3 Å². The average Bonchev–Trinajstić information content (AvgIpc) is 2.00. The summed E-state index contributed by atoms with van der Waals surface area (Å²) >= 11 is 0. The second-order valence-electron chi connectivity index (χ2n) is 2.70. The molecule has 0 rings (SSSR count). The van der Waals surface area contributed by atoms with Gasteiger partial charge in [-0.2, -0.15) is 0 Å². The monoisotopic (exact) mass is 170 g/mol. The van der Waals surface area contributed by atoms with Crippen molar-refractivity contribution in [1.82, 2.24) is 0 Å². The zero-order chi connectivity index (χ0) is 9.94. The van der Waals surface area contributed by atoms with Crippen molar-refractivity contribution in [2.75, 3.05) is 0 Å². The minimum atomic E-state index is -1.89. The summed E-state index contributed by atoms with van der Waals surface area (Å²) in [4.78, 5) is 21.2. The Labute approximate surface area is 70.2 Å². The minimum Gasteiger partial charge on any atom is -0.480 e. The van der Waals surface area contributed by atoms with Gasteiger partial charge in [0, 0.05) is 5.92 Å². The number of hydrogen-bond donors (Lipinski definition) is 2. The largest absolute Gasteiger partial charge is 0.480 e. The summed E-state index contributed by atoms with van der Waals surface area (Å²) in [6.45, 7) is 2.49. The van der Waals surface area contributed by atoms with E-state index in [1.807, 2.05) is 0 Å². The van der Waals surface area contributed by atoms with Gasteiger partial charge in [-0.15, -0.1) is 12.3 Å². The summed E-state index contributed by atoms with van der Waals surface area (Å²) in [5.41, 5.74) is -1.89. The Hall–Kier alpha value is -1.50. The Morgan fingerprint density at radius 3 is 1.83 bits per heavy atom. The van der Waals surface area contributed by atoms with Crippen LogP contribution in [0.1, 0.15) is 13.8 Å². The van der Waals surface area contributed by atoms with E-state index in [-0.39, 0.29) is 0 Å². The second kappa shape index (κ2) is 3.26. The van der Waals surface area contributed by atoms with Gasteiger partial charge < -0.3 is 10.2 Å². The van der Waals surface area contributed by atoms with Crippen molar-refractivity contribution in [2.24, 2.45) is 11.3 Å². The van der Waals surface area contributed by atoms with E-state index >= 15 is 0 Å². The molecule has 0 aromatic rings. The van der Waals surface area contributed by atoms with Crippen molar-refractivity contribution in [2.45, 2.75) is 13.8 Å². The lowest BCUT2D eigenvalue weighted by Gasteiger charge is -2.22. The maximum atomic E-state index is 10.6. The molecular formula is C8H10O4. The maximum absolute atomic E-state index is 10.6. The molecule has 0 amide bonds. The summed E-state index contributed by atoms with van der Waals surface area (Å²) in [6.07, 6.45) is 4.96. The van der Waals surface area contributed by atoms with Crippen LogP contribution in [0.3, 0.4) is 0 Å². The van der Waals surface area contributed by atoms with Crippen molar-refractivity contribution < 1.29 is 19.8 Å². The number of carboxylic acids is 2. The van der Waals surface area contributed by atoms with Gasteiger partial charge in [-0.25, -0.2) is 0 Å². The molecule has 0 heterocycles. The summed E-state index contributed by atoms with van der Waals surface area (Å²) in [6, 6.07) is 0. The van der Waals surface area contributed by atoms with E-state index in [9.17, 15) is 9.59 Å². The zero-order valence-corrected chi connectivity index (χ0v) is 6.87. The highest BCUT2D eigenvalue weighted by atomic mass is 16.4. The molecule has 1 atom stereocenters. The van der Waals surface area contributed by atoms with Gasteiger partial charge in [0.15, 0.2) is 5.41 Å². The summed E-state index contributed by atoms with van der Waals surface area (Å²) in [7, 11) is 0. The molecule has 0 radical (unpaired) electrons. The average molecular weight is 170 g/mol. The van der Waals surface area contributed by atoms with Gasteiger partial charge in [-0.05, 0) is 13.8 Å². The number of carboxylic acid groups (broad SMARTS) is 2. The molecule has 0 aromatic heterocycles. The van der Waals surface area contributed by atoms with E-state index < -0.39 is 23.3 Å². The number of aliphatic carboxylic acids is 2. The number of rotatable bonds is 3. The molecule has 0 bridgehead atoms. The van der Waals surface area contributed by atoms with E-state index in [2.05, 4.69) is 5.92 Å². The zero-order valence-electron chi connectivity index (χ0n) is 6.87. The predicted molar refractivity (Wildman–Crippen MR) is 41.4 cm³/mol. The third kappa shape index (κ3) is 1.40. The fraction of sp³-hybridized carbons (Fsp3) is 0.500. The van der Waals surface area contributed by atoms with Gasteiger partial charge in [-0.3, -0.25) is 9.59 Å². The summed E-state index contributed by atoms with van der Waals surface area (Å²) < 4.78 is 0. The Kier molecular flexibility index (Phi) is 2.86. The molecule has 0 aromatic carbocycles. The van der Waals surface area contributed by atoms with E-state index in [0.717, 1.165) is 6.92 Å². The number of carbonyl (C=O) groups is 2. The van der Waals surface area contributed by atoms with Crippen LogP contribution >= 0.6 is 0 Å². The summed E-state index contributed by atoms with van der Waals surface area (Å²) in [5.74, 6) is -1.57. The van der Waals surface area contributed by atoms with E-state index in [0.29, 0.717) is 0 Å². The molecule has 0 aliphatic rings. The fourth-order valence-corrected chi connectivity index (χ4v) is 0.629. The van der Waals surface area contributed by atoms with Crippen molar-refractivity contribution in [3.05, 3.63) is 0 Å². The van der Waals surface area contributed by atoms with E-state index in [1.165, 1.54) is 6.92 Å². The molecule has 0 aliphatic heterocycles. The minimum absolute atomic E-state index is 0.840. The molecule has 12 heavy (non-hydrogen) atoms. The van der Waals surface area contributed by atoms with Crippen LogP contribution in [0, 0.1) is 23.7 Å². The topological polar surface area (TPSA) is 74.6 Å². The molecule has 2 N–H and O–H groups in total. The first-order valence-electron chi connectivity index (χ1n) is 3.30. The third-order valence-electron chi connectivity index (χ3n) is 2.00. The fourth-order valence-electron chi connectivity index (χ4n) is 0.629. The van der Waals surface area contributed by atoms with Gasteiger partial charge in [0.1, 0.15) is 0 Å². The lowest BCUT2D eigenvalue weighted by molar-refractivity contribution is -0.165. The van der Waals surface area contributed by atoms with Gasteiger partial charge in [-0.1, -0.05) is 0 Å². The molecule has 1 unspecified atom stereocenters. The lowest BCUT2D eigenvalue weighted by atomic mass is 9.79. The van der Waals surface area contributed by atoms with E-state index in [4.69, 9.17) is 16.6 Å². The van der Waals surface area contributed by atoms with Crippen LogP contribution in [0.15, 0.2) is 0 Å². The first-order chi connectivity index (χ1) is 5.37. The molecule has 0 fully saturated rings. The Morgan fingerprint density at radius 2 is 1.75 bits per heavy atom.